The van der Waals surface area contributed by atoms with E-state index in [1.165, 1.54) is 43.5 Å². The Morgan fingerprint density at radius 1 is 1.29 bits per heavy atom. The van der Waals surface area contributed by atoms with Crippen LogP contribution in [0.2, 0.25) is 5.02 Å². The number of benzene rings is 2. The van der Waals surface area contributed by atoms with Gasteiger partial charge in [-0.05, 0) is 30.3 Å². The Hall–Kier alpha value is -1.99. The van der Waals surface area contributed by atoms with Crippen molar-refractivity contribution in [1.82, 2.24) is 0 Å². The van der Waals surface area contributed by atoms with Crippen molar-refractivity contribution < 1.29 is 17.5 Å². The van der Waals surface area contributed by atoms with Crippen LogP contribution < -0.4 is 15.2 Å². The van der Waals surface area contributed by atoms with Crippen molar-refractivity contribution in [1.29, 1.82) is 0 Å². The first kappa shape index (κ1) is 15.4. The number of ether oxygens (including phenoxy) is 1. The van der Waals surface area contributed by atoms with Crippen LogP contribution in [0.5, 0.6) is 5.75 Å². The van der Waals surface area contributed by atoms with Gasteiger partial charge < -0.3 is 10.5 Å². The van der Waals surface area contributed by atoms with E-state index in [4.69, 9.17) is 22.1 Å². The first-order chi connectivity index (χ1) is 9.85. The highest BCUT2D eigenvalue weighted by atomic mass is 35.5. The highest BCUT2D eigenvalue weighted by Gasteiger charge is 2.18. The highest BCUT2D eigenvalue weighted by molar-refractivity contribution is 7.92. The van der Waals surface area contributed by atoms with E-state index in [9.17, 15) is 12.8 Å². The third kappa shape index (κ3) is 3.20. The summed E-state index contributed by atoms with van der Waals surface area (Å²) in [6, 6.07) is 7.97. The Morgan fingerprint density at radius 2 is 2.00 bits per heavy atom. The number of halogens is 2. The van der Waals surface area contributed by atoms with Gasteiger partial charge in [0.1, 0.15) is 5.75 Å². The van der Waals surface area contributed by atoms with Crippen LogP contribution in [0.4, 0.5) is 15.8 Å². The van der Waals surface area contributed by atoms with Crippen LogP contribution in [0.3, 0.4) is 0 Å². The molecule has 0 aliphatic heterocycles. The van der Waals surface area contributed by atoms with Crippen molar-refractivity contribution in [3.8, 4) is 5.75 Å². The van der Waals surface area contributed by atoms with Gasteiger partial charge in [0.15, 0.2) is 5.82 Å². The highest BCUT2D eigenvalue weighted by Crippen LogP contribution is 2.27. The number of methoxy groups -OCH3 is 1. The van der Waals surface area contributed by atoms with Crippen LogP contribution in [-0.2, 0) is 10.0 Å². The maximum atomic E-state index is 13.7. The quantitative estimate of drug-likeness (QED) is 0.845. The summed E-state index contributed by atoms with van der Waals surface area (Å²) in [6.45, 7) is 0. The third-order valence-electron chi connectivity index (χ3n) is 2.71. The number of nitrogens with one attached hydrogen (secondary N) is 1. The molecule has 0 saturated carbocycles. The summed E-state index contributed by atoms with van der Waals surface area (Å²) in [7, 11) is -2.57. The second-order valence-electron chi connectivity index (χ2n) is 4.11. The molecule has 2 aromatic rings. The fourth-order valence-electron chi connectivity index (χ4n) is 1.67. The first-order valence-electron chi connectivity index (χ1n) is 5.75. The molecule has 0 radical (unpaired) electrons. The van der Waals surface area contributed by atoms with E-state index >= 15 is 0 Å². The largest absolute Gasteiger partial charge is 0.495 e. The molecule has 8 heteroatoms. The summed E-state index contributed by atoms with van der Waals surface area (Å²) in [5.74, 6) is -0.493. The average Bonchev–Trinajstić information content (AvgIpc) is 2.43. The van der Waals surface area contributed by atoms with Crippen LogP contribution >= 0.6 is 11.6 Å². The molecule has 0 bridgehead atoms. The Labute approximate surface area is 126 Å². The predicted octanol–water partition coefficient (Wildman–Crippen LogP) is 2.87. The Balaban J connectivity index is 2.39. The van der Waals surface area contributed by atoms with Crippen LogP contribution in [0.1, 0.15) is 0 Å². The molecule has 2 aromatic carbocycles. The van der Waals surface area contributed by atoms with Gasteiger partial charge in [-0.1, -0.05) is 17.7 Å². The monoisotopic (exact) mass is 330 g/mol. The normalized spacial score (nSPS) is 11.2. The summed E-state index contributed by atoms with van der Waals surface area (Å²) in [5.41, 5.74) is 5.58. The molecule has 3 N–H and O–H groups in total. The van der Waals surface area contributed by atoms with Gasteiger partial charge >= 0.3 is 0 Å². The van der Waals surface area contributed by atoms with Crippen molar-refractivity contribution in [2.24, 2.45) is 0 Å². The predicted molar refractivity (Wildman–Crippen MR) is 79.6 cm³/mol. The average molecular weight is 331 g/mol. The zero-order chi connectivity index (χ0) is 15.6. The fraction of sp³-hybridized carbons (Fsp3) is 0.0769. The molecule has 0 amide bonds. The van der Waals surface area contributed by atoms with Crippen molar-refractivity contribution in [2.75, 3.05) is 17.6 Å². The number of sulfonamides is 1. The summed E-state index contributed by atoms with van der Waals surface area (Å²) < 4.78 is 45.2. The summed E-state index contributed by atoms with van der Waals surface area (Å²) >= 11 is 5.61. The molecule has 0 aliphatic rings. The van der Waals surface area contributed by atoms with Gasteiger partial charge in [-0.15, -0.1) is 0 Å². The van der Waals surface area contributed by atoms with Crippen molar-refractivity contribution in [3.05, 3.63) is 47.2 Å². The van der Waals surface area contributed by atoms with Crippen LogP contribution in [0.25, 0.3) is 0 Å². The topological polar surface area (TPSA) is 81.4 Å². The molecule has 0 spiro atoms. The Bertz CT molecular complexity index is 781. The van der Waals surface area contributed by atoms with Crippen LogP contribution in [-0.4, -0.2) is 15.5 Å². The second kappa shape index (κ2) is 5.79. The molecule has 0 saturated heterocycles. The maximum Gasteiger partial charge on any atom is 0.262 e. The van der Waals surface area contributed by atoms with Crippen molar-refractivity contribution >= 4 is 33.0 Å². The van der Waals surface area contributed by atoms with Gasteiger partial charge in [0.05, 0.1) is 28.4 Å². The van der Waals surface area contributed by atoms with E-state index in [0.717, 1.165) is 0 Å². The molecule has 112 valence electrons. The van der Waals surface area contributed by atoms with Crippen molar-refractivity contribution in [2.45, 2.75) is 4.90 Å². The molecule has 2 rings (SSSR count). The minimum absolute atomic E-state index is 0.111. The smallest absolute Gasteiger partial charge is 0.262 e. The van der Waals surface area contributed by atoms with E-state index in [1.807, 2.05) is 0 Å². The molecule has 0 aromatic heterocycles. The maximum absolute atomic E-state index is 13.7. The Morgan fingerprint density at radius 3 is 2.62 bits per heavy atom. The number of nitrogens with two attached hydrogens (primary N) is 1. The molecule has 0 atom stereocenters. The zero-order valence-electron chi connectivity index (χ0n) is 10.9. The SMILES string of the molecule is COc1ccc(S(=O)(=O)Nc2cccc(Cl)c2F)cc1N. The fourth-order valence-corrected chi connectivity index (χ4v) is 2.93. The van der Waals surface area contributed by atoms with Gasteiger partial charge in [-0.3, -0.25) is 4.72 Å². The molecule has 0 unspecified atom stereocenters. The lowest BCUT2D eigenvalue weighted by Crippen LogP contribution is -2.14. The summed E-state index contributed by atoms with van der Waals surface area (Å²) in [5, 5.41) is -0.176. The van der Waals surface area contributed by atoms with Gasteiger partial charge in [0.2, 0.25) is 0 Å². The lowest BCUT2D eigenvalue weighted by atomic mass is 10.3. The number of nitrogen functional groups attached to an aromatic ring is 1. The van der Waals surface area contributed by atoms with E-state index in [1.54, 1.807) is 0 Å². The number of hydrogen-bond donors (Lipinski definition) is 2. The van der Waals surface area contributed by atoms with E-state index < -0.39 is 15.8 Å². The minimum Gasteiger partial charge on any atom is -0.495 e. The summed E-state index contributed by atoms with van der Waals surface area (Å²) in [4.78, 5) is -0.111. The number of rotatable bonds is 4. The lowest BCUT2D eigenvalue weighted by molar-refractivity contribution is 0.416. The zero-order valence-corrected chi connectivity index (χ0v) is 12.5. The molecule has 0 fully saturated rings. The van der Waals surface area contributed by atoms with Crippen LogP contribution in [0, 0.1) is 5.82 Å². The number of anilines is 2. The van der Waals surface area contributed by atoms with Crippen LogP contribution in [0.15, 0.2) is 41.3 Å². The van der Waals surface area contributed by atoms with Gasteiger partial charge in [0, 0.05) is 0 Å². The van der Waals surface area contributed by atoms with E-state index in [2.05, 4.69) is 4.72 Å². The summed E-state index contributed by atoms with van der Waals surface area (Å²) in [6.07, 6.45) is 0. The molecule has 0 aliphatic carbocycles. The number of hydrogen-bond acceptors (Lipinski definition) is 4. The standard InChI is InChI=1S/C13H12ClFN2O3S/c1-20-12-6-5-8(7-10(12)16)21(18,19)17-11-4-2-3-9(14)13(11)15/h2-7,17H,16H2,1H3. The van der Waals surface area contributed by atoms with E-state index in [-0.39, 0.29) is 21.3 Å². The third-order valence-corrected chi connectivity index (χ3v) is 4.36. The Kier molecular flexibility index (Phi) is 4.24. The van der Waals surface area contributed by atoms with Gasteiger partial charge in [0.25, 0.3) is 10.0 Å². The second-order valence-corrected chi connectivity index (χ2v) is 6.20. The first-order valence-corrected chi connectivity index (χ1v) is 7.61. The van der Waals surface area contributed by atoms with Gasteiger partial charge in [-0.25, -0.2) is 12.8 Å². The molecular weight excluding hydrogens is 319 g/mol. The van der Waals surface area contributed by atoms with Crippen molar-refractivity contribution in [3.63, 3.8) is 0 Å². The van der Waals surface area contributed by atoms with Gasteiger partial charge in [-0.2, -0.15) is 0 Å². The molecule has 21 heavy (non-hydrogen) atoms. The molecule has 5 nitrogen and oxygen atoms in total. The lowest BCUT2D eigenvalue weighted by Gasteiger charge is -2.11. The van der Waals surface area contributed by atoms with E-state index in [0.29, 0.717) is 5.75 Å². The molecular formula is C13H12ClFN2O3S. The molecule has 0 heterocycles. The minimum atomic E-state index is -3.98.